The Morgan fingerprint density at radius 2 is 2.25 bits per heavy atom. The third kappa shape index (κ3) is 3.84. The zero-order chi connectivity index (χ0) is 19.5. The van der Waals surface area contributed by atoms with Gasteiger partial charge >= 0.3 is 6.03 Å². The minimum absolute atomic E-state index is 0.102. The SMILES string of the molecule is CCc1cc(=O)[nH]c(-c2cccc(NC(=O)N3CCC[C@H]3c3ccsc3)c2)n1. The molecule has 1 aliphatic heterocycles. The van der Waals surface area contributed by atoms with Gasteiger partial charge < -0.3 is 15.2 Å². The van der Waals surface area contributed by atoms with Crippen LogP contribution < -0.4 is 10.9 Å². The maximum atomic E-state index is 12.9. The number of benzene rings is 1. The zero-order valence-corrected chi connectivity index (χ0v) is 16.5. The van der Waals surface area contributed by atoms with Crippen molar-refractivity contribution in [3.05, 3.63) is 68.8 Å². The van der Waals surface area contributed by atoms with Gasteiger partial charge in [0, 0.05) is 29.6 Å². The molecule has 1 aliphatic rings. The number of aromatic amines is 1. The van der Waals surface area contributed by atoms with Crippen LogP contribution in [0.2, 0.25) is 0 Å². The van der Waals surface area contributed by atoms with Gasteiger partial charge in [0.25, 0.3) is 5.56 Å². The highest BCUT2D eigenvalue weighted by atomic mass is 32.1. The van der Waals surface area contributed by atoms with Gasteiger partial charge in [-0.2, -0.15) is 11.3 Å². The normalized spacial score (nSPS) is 16.3. The molecule has 1 aromatic carbocycles. The van der Waals surface area contributed by atoms with Crippen molar-refractivity contribution < 1.29 is 4.79 Å². The molecule has 6 nitrogen and oxygen atoms in total. The van der Waals surface area contributed by atoms with Crippen LogP contribution in [0.15, 0.2) is 52.0 Å². The summed E-state index contributed by atoms with van der Waals surface area (Å²) in [4.78, 5) is 33.9. The Hall–Kier alpha value is -2.93. The van der Waals surface area contributed by atoms with E-state index in [1.54, 1.807) is 11.3 Å². The van der Waals surface area contributed by atoms with Crippen LogP contribution in [-0.4, -0.2) is 27.4 Å². The summed E-state index contributed by atoms with van der Waals surface area (Å²) in [7, 11) is 0. The molecule has 144 valence electrons. The Labute approximate surface area is 167 Å². The van der Waals surface area contributed by atoms with Crippen LogP contribution in [0.5, 0.6) is 0 Å². The molecule has 1 atom stereocenters. The van der Waals surface area contributed by atoms with E-state index in [1.807, 2.05) is 41.5 Å². The zero-order valence-electron chi connectivity index (χ0n) is 15.6. The molecule has 4 rings (SSSR count). The molecule has 3 heterocycles. The van der Waals surface area contributed by atoms with Crippen LogP contribution in [0.1, 0.15) is 37.1 Å². The van der Waals surface area contributed by atoms with Crippen molar-refractivity contribution in [1.29, 1.82) is 0 Å². The molecule has 28 heavy (non-hydrogen) atoms. The molecule has 0 bridgehead atoms. The lowest BCUT2D eigenvalue weighted by Crippen LogP contribution is -2.34. The topological polar surface area (TPSA) is 78.1 Å². The maximum Gasteiger partial charge on any atom is 0.322 e. The monoisotopic (exact) mass is 394 g/mol. The summed E-state index contributed by atoms with van der Waals surface area (Å²) in [6.45, 7) is 2.71. The van der Waals surface area contributed by atoms with Gasteiger partial charge in [0.2, 0.25) is 0 Å². The highest BCUT2D eigenvalue weighted by molar-refractivity contribution is 7.08. The summed E-state index contributed by atoms with van der Waals surface area (Å²) < 4.78 is 0. The molecule has 0 aliphatic carbocycles. The summed E-state index contributed by atoms with van der Waals surface area (Å²) in [5.41, 5.74) is 3.21. The van der Waals surface area contributed by atoms with Crippen LogP contribution in [0.4, 0.5) is 10.5 Å². The average molecular weight is 395 g/mol. The molecule has 0 unspecified atom stereocenters. The van der Waals surface area contributed by atoms with Gasteiger partial charge in [-0.3, -0.25) is 4.79 Å². The summed E-state index contributed by atoms with van der Waals surface area (Å²) in [6, 6.07) is 11.0. The first-order valence-corrected chi connectivity index (χ1v) is 10.4. The summed E-state index contributed by atoms with van der Waals surface area (Å²) in [5, 5.41) is 7.16. The first-order chi connectivity index (χ1) is 13.6. The van der Waals surface area contributed by atoms with Crippen molar-refractivity contribution in [3.63, 3.8) is 0 Å². The van der Waals surface area contributed by atoms with Crippen molar-refractivity contribution in [2.75, 3.05) is 11.9 Å². The van der Waals surface area contributed by atoms with E-state index in [0.29, 0.717) is 17.9 Å². The number of aromatic nitrogens is 2. The van der Waals surface area contributed by atoms with Crippen LogP contribution in [0.3, 0.4) is 0 Å². The van der Waals surface area contributed by atoms with Gasteiger partial charge in [0.15, 0.2) is 0 Å². The fourth-order valence-corrected chi connectivity index (χ4v) is 4.29. The number of carbonyl (C=O) groups excluding carboxylic acids is 1. The number of aryl methyl sites for hydroxylation is 1. The van der Waals surface area contributed by atoms with Crippen molar-refractivity contribution in [1.82, 2.24) is 14.9 Å². The molecule has 0 saturated carbocycles. The molecule has 2 amide bonds. The number of nitrogens with zero attached hydrogens (tertiary/aromatic N) is 2. The van der Waals surface area contributed by atoms with Crippen molar-refractivity contribution in [3.8, 4) is 11.4 Å². The van der Waals surface area contributed by atoms with Gasteiger partial charge in [-0.1, -0.05) is 19.1 Å². The number of carbonyl (C=O) groups is 1. The van der Waals surface area contributed by atoms with E-state index in [4.69, 9.17) is 0 Å². The van der Waals surface area contributed by atoms with E-state index in [9.17, 15) is 9.59 Å². The Morgan fingerprint density at radius 1 is 1.36 bits per heavy atom. The largest absolute Gasteiger partial charge is 0.322 e. The molecule has 1 saturated heterocycles. The van der Waals surface area contributed by atoms with E-state index < -0.39 is 0 Å². The molecular formula is C21H22N4O2S. The molecule has 7 heteroatoms. The molecule has 3 aromatic rings. The quantitative estimate of drug-likeness (QED) is 0.687. The molecule has 1 fully saturated rings. The van der Waals surface area contributed by atoms with E-state index >= 15 is 0 Å². The van der Waals surface area contributed by atoms with Gasteiger partial charge in [-0.15, -0.1) is 0 Å². The average Bonchev–Trinajstić information content (AvgIpc) is 3.39. The Kier molecular flexibility index (Phi) is 5.25. The first kappa shape index (κ1) is 18.4. The third-order valence-corrected chi connectivity index (χ3v) is 5.69. The summed E-state index contributed by atoms with van der Waals surface area (Å²) >= 11 is 1.65. The number of amides is 2. The lowest BCUT2D eigenvalue weighted by atomic mass is 10.1. The van der Waals surface area contributed by atoms with Crippen molar-refractivity contribution >= 4 is 23.1 Å². The number of H-pyrrole nitrogens is 1. The van der Waals surface area contributed by atoms with Crippen LogP contribution >= 0.6 is 11.3 Å². The molecule has 2 N–H and O–H groups in total. The number of hydrogen-bond acceptors (Lipinski definition) is 4. The number of rotatable bonds is 4. The van der Waals surface area contributed by atoms with Crippen LogP contribution in [0.25, 0.3) is 11.4 Å². The van der Waals surface area contributed by atoms with E-state index in [-0.39, 0.29) is 17.6 Å². The van der Waals surface area contributed by atoms with Gasteiger partial charge in [0.1, 0.15) is 5.82 Å². The first-order valence-electron chi connectivity index (χ1n) is 9.44. The van der Waals surface area contributed by atoms with Gasteiger partial charge in [-0.25, -0.2) is 9.78 Å². The fourth-order valence-electron chi connectivity index (χ4n) is 3.59. The van der Waals surface area contributed by atoms with Crippen molar-refractivity contribution in [2.45, 2.75) is 32.2 Å². The highest BCUT2D eigenvalue weighted by Crippen LogP contribution is 2.33. The number of hydrogen-bond donors (Lipinski definition) is 2. The molecule has 2 aromatic heterocycles. The summed E-state index contributed by atoms with van der Waals surface area (Å²) in [6.07, 6.45) is 2.67. The molecule has 0 radical (unpaired) electrons. The second-order valence-corrected chi connectivity index (χ2v) is 7.64. The van der Waals surface area contributed by atoms with Crippen LogP contribution in [0, 0.1) is 0 Å². The maximum absolute atomic E-state index is 12.9. The summed E-state index contributed by atoms with van der Waals surface area (Å²) in [5.74, 6) is 0.512. The fraction of sp³-hybridized carbons (Fsp3) is 0.286. The smallest absolute Gasteiger partial charge is 0.317 e. The number of likely N-dealkylation sites (tertiary alicyclic amines) is 1. The molecule has 0 spiro atoms. The van der Waals surface area contributed by atoms with Gasteiger partial charge in [-0.05, 0) is 53.8 Å². The Bertz CT molecular complexity index is 1030. The van der Waals surface area contributed by atoms with Crippen molar-refractivity contribution in [2.24, 2.45) is 0 Å². The second-order valence-electron chi connectivity index (χ2n) is 6.86. The van der Waals surface area contributed by atoms with Crippen LogP contribution in [-0.2, 0) is 6.42 Å². The predicted octanol–water partition coefficient (Wildman–Crippen LogP) is 4.43. The predicted molar refractivity (Wildman–Crippen MR) is 112 cm³/mol. The lowest BCUT2D eigenvalue weighted by Gasteiger charge is -2.24. The van der Waals surface area contributed by atoms with Gasteiger partial charge in [0.05, 0.1) is 6.04 Å². The number of thiophene rings is 1. The third-order valence-electron chi connectivity index (χ3n) is 4.99. The highest BCUT2D eigenvalue weighted by Gasteiger charge is 2.30. The Morgan fingerprint density at radius 3 is 3.04 bits per heavy atom. The van der Waals surface area contributed by atoms with E-state index in [0.717, 1.165) is 30.6 Å². The number of nitrogens with one attached hydrogen (secondary N) is 2. The van der Waals surface area contributed by atoms with E-state index in [2.05, 4.69) is 26.7 Å². The second kappa shape index (κ2) is 7.98. The molecular weight excluding hydrogens is 372 g/mol. The number of anilines is 1. The standard InChI is InChI=1S/C21H22N4O2S/c1-2-16-12-19(26)24-20(22-16)14-5-3-6-17(11-14)23-21(27)25-9-4-7-18(25)15-8-10-28-13-15/h3,5-6,8,10-13,18H,2,4,7,9H2,1H3,(H,23,27)(H,22,24,26)/t18-/m0/s1. The minimum atomic E-state index is -0.174. The Balaban J connectivity index is 1.54. The number of urea groups is 1. The van der Waals surface area contributed by atoms with E-state index in [1.165, 1.54) is 11.6 Å². The minimum Gasteiger partial charge on any atom is -0.317 e. The lowest BCUT2D eigenvalue weighted by molar-refractivity contribution is 0.207.